The van der Waals surface area contributed by atoms with Crippen molar-refractivity contribution in [1.29, 1.82) is 0 Å². The number of carbonyl (C=O) groups excluding carboxylic acids is 2. The number of hydrogen-bond acceptors (Lipinski definition) is 3. The van der Waals surface area contributed by atoms with E-state index in [1.807, 2.05) is 30.3 Å². The van der Waals surface area contributed by atoms with Crippen LogP contribution < -0.4 is 4.90 Å². The van der Waals surface area contributed by atoms with Gasteiger partial charge in [0.2, 0.25) is 5.91 Å². The van der Waals surface area contributed by atoms with Crippen LogP contribution in [0.15, 0.2) is 77.6 Å². The second-order valence-corrected chi connectivity index (χ2v) is 7.93. The molecule has 2 aromatic carbocycles. The molecule has 2 saturated heterocycles. The summed E-state index contributed by atoms with van der Waals surface area (Å²) in [5, 5.41) is 0. The van der Waals surface area contributed by atoms with Gasteiger partial charge in [-0.3, -0.25) is 9.59 Å². The van der Waals surface area contributed by atoms with Gasteiger partial charge in [0.25, 0.3) is 5.91 Å². The van der Waals surface area contributed by atoms with E-state index in [0.717, 1.165) is 5.56 Å². The van der Waals surface area contributed by atoms with Crippen LogP contribution in [0.4, 0.5) is 10.1 Å². The summed E-state index contributed by atoms with van der Waals surface area (Å²) < 4.78 is 18.9. The number of β-lactam (4-membered cyclic amide) rings is 1. The average Bonchev–Trinajstić information content (AvgIpc) is 3.32. The van der Waals surface area contributed by atoms with E-state index in [2.05, 4.69) is 0 Å². The quantitative estimate of drug-likeness (QED) is 0.607. The van der Waals surface area contributed by atoms with E-state index in [0.29, 0.717) is 37.2 Å². The van der Waals surface area contributed by atoms with Gasteiger partial charge < -0.3 is 14.2 Å². The number of rotatable bonds is 3. The summed E-state index contributed by atoms with van der Waals surface area (Å²) in [6.07, 6.45) is 4.07. The molecule has 5 nitrogen and oxygen atoms in total. The molecule has 2 aliphatic heterocycles. The van der Waals surface area contributed by atoms with Gasteiger partial charge in [-0.25, -0.2) is 4.39 Å². The van der Waals surface area contributed by atoms with Gasteiger partial charge in [0.1, 0.15) is 12.1 Å². The summed E-state index contributed by atoms with van der Waals surface area (Å²) in [6, 6.07) is 17.5. The molecule has 1 atom stereocenters. The summed E-state index contributed by atoms with van der Waals surface area (Å²) in [6.45, 7) is 0.992. The zero-order valence-electron chi connectivity index (χ0n) is 16.3. The minimum atomic E-state index is -0.582. The van der Waals surface area contributed by atoms with Crippen LogP contribution in [0.5, 0.6) is 0 Å². The lowest BCUT2D eigenvalue weighted by atomic mass is 9.62. The van der Waals surface area contributed by atoms with Crippen molar-refractivity contribution in [2.24, 2.45) is 5.41 Å². The third kappa shape index (κ3) is 2.83. The molecule has 1 aromatic heterocycles. The number of hydrogen-bond donors (Lipinski definition) is 0. The fourth-order valence-corrected chi connectivity index (χ4v) is 4.82. The smallest absolute Gasteiger partial charge is 0.257 e. The Bertz CT molecular complexity index is 1070. The van der Waals surface area contributed by atoms with E-state index in [9.17, 15) is 14.0 Å². The highest BCUT2D eigenvalue weighted by atomic mass is 19.1. The first kappa shape index (κ1) is 18.6. The minimum absolute atomic E-state index is 0.00244. The molecule has 0 aliphatic carbocycles. The molecule has 1 spiro atoms. The topological polar surface area (TPSA) is 53.8 Å². The van der Waals surface area contributed by atoms with Crippen molar-refractivity contribution in [3.8, 4) is 0 Å². The molecule has 2 fully saturated rings. The van der Waals surface area contributed by atoms with Crippen LogP contribution in [0.2, 0.25) is 0 Å². The Morgan fingerprint density at radius 3 is 2.47 bits per heavy atom. The van der Waals surface area contributed by atoms with Crippen molar-refractivity contribution in [3.05, 3.63) is 90.1 Å². The first-order chi connectivity index (χ1) is 14.6. The van der Waals surface area contributed by atoms with E-state index >= 15 is 0 Å². The van der Waals surface area contributed by atoms with Crippen molar-refractivity contribution in [2.45, 2.75) is 18.9 Å². The molecule has 2 amide bonds. The van der Waals surface area contributed by atoms with Crippen molar-refractivity contribution < 1.29 is 18.4 Å². The maximum atomic E-state index is 13.9. The fraction of sp³-hybridized carbons (Fsp3) is 0.250. The van der Waals surface area contributed by atoms with Crippen LogP contribution in [0.1, 0.15) is 34.8 Å². The lowest BCUT2D eigenvalue weighted by Crippen LogP contribution is -2.67. The molecule has 0 saturated carbocycles. The van der Waals surface area contributed by atoms with E-state index in [1.54, 1.807) is 28.0 Å². The summed E-state index contributed by atoms with van der Waals surface area (Å²) in [5.74, 6) is -0.449. The highest BCUT2D eigenvalue weighted by molar-refractivity contribution is 6.06. The zero-order valence-corrected chi connectivity index (χ0v) is 16.3. The zero-order chi connectivity index (χ0) is 20.7. The molecule has 2 aliphatic rings. The minimum Gasteiger partial charge on any atom is -0.472 e. The van der Waals surface area contributed by atoms with Gasteiger partial charge in [-0.05, 0) is 42.7 Å². The summed E-state index contributed by atoms with van der Waals surface area (Å²) >= 11 is 0. The first-order valence-corrected chi connectivity index (χ1v) is 10.1. The van der Waals surface area contributed by atoms with E-state index in [-0.39, 0.29) is 23.7 Å². The Morgan fingerprint density at radius 1 is 1.03 bits per heavy atom. The number of anilines is 1. The second kappa shape index (κ2) is 7.13. The number of likely N-dealkylation sites (tertiary alicyclic amines) is 1. The Morgan fingerprint density at radius 2 is 1.80 bits per heavy atom. The van der Waals surface area contributed by atoms with Gasteiger partial charge in [-0.1, -0.05) is 36.4 Å². The normalized spacial score (nSPS) is 20.3. The lowest BCUT2D eigenvalue weighted by molar-refractivity contribution is -0.144. The van der Waals surface area contributed by atoms with Crippen LogP contribution in [-0.2, 0) is 4.79 Å². The molecule has 6 heteroatoms. The lowest BCUT2D eigenvalue weighted by Gasteiger charge is -2.59. The fourth-order valence-electron chi connectivity index (χ4n) is 4.82. The largest absolute Gasteiger partial charge is 0.472 e. The van der Waals surface area contributed by atoms with Crippen molar-refractivity contribution >= 4 is 17.5 Å². The van der Waals surface area contributed by atoms with E-state index in [4.69, 9.17) is 4.42 Å². The average molecular weight is 404 g/mol. The van der Waals surface area contributed by atoms with Crippen molar-refractivity contribution in [2.75, 3.05) is 18.0 Å². The van der Waals surface area contributed by atoms with Crippen LogP contribution in [-0.4, -0.2) is 29.8 Å². The predicted molar refractivity (Wildman–Crippen MR) is 109 cm³/mol. The summed E-state index contributed by atoms with van der Waals surface area (Å²) in [5.41, 5.74) is 1.53. The second-order valence-electron chi connectivity index (χ2n) is 7.93. The highest BCUT2D eigenvalue weighted by Crippen LogP contribution is 2.57. The van der Waals surface area contributed by atoms with Crippen LogP contribution in [0.3, 0.4) is 0 Å². The van der Waals surface area contributed by atoms with Crippen LogP contribution in [0, 0.1) is 11.2 Å². The highest BCUT2D eigenvalue weighted by Gasteiger charge is 2.62. The van der Waals surface area contributed by atoms with Gasteiger partial charge >= 0.3 is 0 Å². The molecule has 5 rings (SSSR count). The molecule has 3 aromatic rings. The number of carbonyl (C=O) groups is 2. The number of piperidine rings is 1. The summed E-state index contributed by atoms with van der Waals surface area (Å²) in [7, 11) is 0. The Kier molecular flexibility index (Phi) is 4.42. The number of halogens is 1. The van der Waals surface area contributed by atoms with Crippen molar-refractivity contribution in [3.63, 3.8) is 0 Å². The molecule has 0 radical (unpaired) electrons. The summed E-state index contributed by atoms with van der Waals surface area (Å²) in [4.78, 5) is 29.6. The van der Waals surface area contributed by atoms with Gasteiger partial charge in [-0.15, -0.1) is 0 Å². The molecule has 152 valence electrons. The molecule has 3 heterocycles. The first-order valence-electron chi connectivity index (χ1n) is 10.1. The molecule has 30 heavy (non-hydrogen) atoms. The molecule has 1 unspecified atom stereocenters. The van der Waals surface area contributed by atoms with Crippen molar-refractivity contribution in [1.82, 2.24) is 4.90 Å². The molecule has 0 N–H and O–H groups in total. The Hall–Kier alpha value is -3.41. The number of amides is 2. The predicted octanol–water partition coefficient (Wildman–Crippen LogP) is 4.43. The molecular formula is C24H21FN2O3. The number of furan rings is 1. The van der Waals surface area contributed by atoms with Crippen LogP contribution >= 0.6 is 0 Å². The Labute approximate surface area is 173 Å². The van der Waals surface area contributed by atoms with Crippen LogP contribution in [0.25, 0.3) is 0 Å². The number of nitrogens with zero attached hydrogens (tertiary/aromatic N) is 2. The van der Waals surface area contributed by atoms with E-state index in [1.165, 1.54) is 24.7 Å². The van der Waals surface area contributed by atoms with E-state index < -0.39 is 5.41 Å². The SMILES string of the molecule is O=C(c1ccoc1)N1CCC2(CC1)C(=O)N(c1cccc(F)c1)C2c1ccccc1. The maximum absolute atomic E-state index is 13.9. The monoisotopic (exact) mass is 404 g/mol. The standard InChI is InChI=1S/C24H21FN2O3/c25-19-7-4-8-20(15-19)27-21(17-5-2-1-3-6-17)24(23(27)29)10-12-26(13-11-24)22(28)18-9-14-30-16-18/h1-9,14-16,21H,10-13H2. The number of benzene rings is 2. The molecule has 0 bridgehead atoms. The maximum Gasteiger partial charge on any atom is 0.257 e. The molecular weight excluding hydrogens is 383 g/mol. The van der Waals surface area contributed by atoms with Gasteiger partial charge in [-0.2, -0.15) is 0 Å². The third-order valence-electron chi connectivity index (χ3n) is 6.34. The van der Waals surface area contributed by atoms with Gasteiger partial charge in [0, 0.05) is 18.8 Å². The van der Waals surface area contributed by atoms with Gasteiger partial charge in [0.05, 0.1) is 23.3 Å². The van der Waals surface area contributed by atoms with Gasteiger partial charge in [0.15, 0.2) is 0 Å². The Balaban J connectivity index is 1.44. The third-order valence-corrected chi connectivity index (χ3v) is 6.34.